The smallest absolute Gasteiger partial charge is 0.276 e. The maximum atomic E-state index is 12.3. The van der Waals surface area contributed by atoms with Crippen molar-refractivity contribution in [2.75, 3.05) is 26.7 Å². The number of hydrogen-bond acceptors (Lipinski definition) is 5. The van der Waals surface area contributed by atoms with Gasteiger partial charge in [0, 0.05) is 49.3 Å². The molecule has 25 heavy (non-hydrogen) atoms. The van der Waals surface area contributed by atoms with Crippen molar-refractivity contribution in [3.05, 3.63) is 50.5 Å². The van der Waals surface area contributed by atoms with E-state index >= 15 is 0 Å². The van der Waals surface area contributed by atoms with Gasteiger partial charge in [-0.3, -0.25) is 9.69 Å². The van der Waals surface area contributed by atoms with Gasteiger partial charge in [-0.1, -0.05) is 24.3 Å². The molecule has 7 nitrogen and oxygen atoms in total. The fraction of sp³-hybridized carbons (Fsp3) is 0.471. The molecule has 0 radical (unpaired) electrons. The Morgan fingerprint density at radius 1 is 1.40 bits per heavy atom. The predicted molar refractivity (Wildman–Crippen MR) is 103 cm³/mol. The first-order valence-electron chi connectivity index (χ1n) is 8.37. The van der Waals surface area contributed by atoms with Crippen LogP contribution in [0, 0.1) is 9.75 Å². The average Bonchev–Trinajstić information content (AvgIpc) is 3.20. The molecular weight excluding hydrogens is 433 g/mol. The van der Waals surface area contributed by atoms with E-state index in [0.717, 1.165) is 26.1 Å². The number of likely N-dealkylation sites (tertiary alicyclic amines) is 1. The number of aromatic nitrogens is 4. The molecule has 0 spiro atoms. The normalized spacial score (nSPS) is 26.7. The number of ether oxygens (including phenoxy) is 1. The summed E-state index contributed by atoms with van der Waals surface area (Å²) < 4.78 is 7.99. The number of aromatic amines is 1. The first-order valence-corrected chi connectivity index (χ1v) is 9.45. The first-order chi connectivity index (χ1) is 12.2. The largest absolute Gasteiger partial charge is 0.379 e. The Labute approximate surface area is 158 Å². The summed E-state index contributed by atoms with van der Waals surface area (Å²) >= 11 is 2.09. The fourth-order valence-electron chi connectivity index (χ4n) is 3.65. The first kappa shape index (κ1) is 16.9. The molecule has 1 N–H and O–H groups in total. The van der Waals surface area contributed by atoms with Crippen LogP contribution in [0.3, 0.4) is 0 Å². The minimum Gasteiger partial charge on any atom is -0.379 e. The Morgan fingerprint density at radius 2 is 2.28 bits per heavy atom. The molecule has 0 aromatic carbocycles. The summed E-state index contributed by atoms with van der Waals surface area (Å²) in [6.07, 6.45) is 11.3. The molecule has 3 unspecified atom stereocenters. The Morgan fingerprint density at radius 3 is 3.04 bits per heavy atom. The minimum atomic E-state index is -0.158. The average molecular weight is 453 g/mol. The number of rotatable bonds is 4. The van der Waals surface area contributed by atoms with Gasteiger partial charge < -0.3 is 9.72 Å². The zero-order valence-corrected chi connectivity index (χ0v) is 16.1. The number of allylic oxidation sites excluding steroid dienone is 3. The van der Waals surface area contributed by atoms with Crippen LogP contribution in [0.25, 0.3) is 5.52 Å². The summed E-state index contributed by atoms with van der Waals surface area (Å²) in [5.74, 6) is 1.25. The van der Waals surface area contributed by atoms with Crippen LogP contribution in [0.2, 0.25) is 0 Å². The fourth-order valence-corrected chi connectivity index (χ4v) is 4.16. The van der Waals surface area contributed by atoms with Gasteiger partial charge in [0.1, 0.15) is 5.82 Å². The molecule has 3 atom stereocenters. The van der Waals surface area contributed by atoms with E-state index in [1.807, 2.05) is 0 Å². The number of nitrogens with zero attached hydrogens (tertiary/aromatic N) is 4. The van der Waals surface area contributed by atoms with Gasteiger partial charge in [-0.15, -0.1) is 0 Å². The summed E-state index contributed by atoms with van der Waals surface area (Å²) in [7, 11) is 1.72. The van der Waals surface area contributed by atoms with Crippen molar-refractivity contribution in [1.82, 2.24) is 24.5 Å². The Balaban J connectivity index is 1.58. The third-order valence-corrected chi connectivity index (χ3v) is 5.67. The molecule has 2 aromatic rings. The van der Waals surface area contributed by atoms with Crippen LogP contribution in [0.15, 0.2) is 35.3 Å². The zero-order valence-electron chi connectivity index (χ0n) is 13.9. The summed E-state index contributed by atoms with van der Waals surface area (Å²) in [6.45, 7) is 2.66. The number of fused-ring (bicyclic) bond motifs is 1. The summed E-state index contributed by atoms with van der Waals surface area (Å²) in [5, 5.41) is 4.62. The molecule has 8 heteroatoms. The third-order valence-electron chi connectivity index (χ3n) is 4.94. The molecule has 132 valence electrons. The van der Waals surface area contributed by atoms with Crippen molar-refractivity contribution in [2.24, 2.45) is 5.92 Å². The van der Waals surface area contributed by atoms with Gasteiger partial charge in [0.05, 0.1) is 18.2 Å². The molecule has 1 aliphatic heterocycles. The second-order valence-corrected chi connectivity index (χ2v) is 7.54. The molecule has 0 bridgehead atoms. The van der Waals surface area contributed by atoms with Crippen LogP contribution in [-0.4, -0.2) is 57.3 Å². The van der Waals surface area contributed by atoms with E-state index in [-0.39, 0.29) is 17.6 Å². The van der Waals surface area contributed by atoms with Gasteiger partial charge in [0.25, 0.3) is 5.56 Å². The van der Waals surface area contributed by atoms with Crippen LogP contribution in [0.4, 0.5) is 0 Å². The van der Waals surface area contributed by atoms with E-state index in [2.05, 4.69) is 66.9 Å². The Bertz CT molecular complexity index is 887. The van der Waals surface area contributed by atoms with Gasteiger partial charge in [-0.2, -0.15) is 5.10 Å². The quantitative estimate of drug-likeness (QED) is 0.712. The van der Waals surface area contributed by atoms with Crippen molar-refractivity contribution in [2.45, 2.75) is 18.4 Å². The molecule has 2 aromatic heterocycles. The maximum Gasteiger partial charge on any atom is 0.276 e. The van der Waals surface area contributed by atoms with E-state index in [1.165, 1.54) is 0 Å². The van der Waals surface area contributed by atoms with E-state index in [0.29, 0.717) is 21.1 Å². The highest BCUT2D eigenvalue weighted by Crippen LogP contribution is 2.28. The molecule has 2 aliphatic rings. The van der Waals surface area contributed by atoms with Crippen LogP contribution in [0.5, 0.6) is 0 Å². The lowest BCUT2D eigenvalue weighted by atomic mass is 10.0. The van der Waals surface area contributed by atoms with Crippen LogP contribution in [-0.2, 0) is 4.74 Å². The van der Waals surface area contributed by atoms with Gasteiger partial charge in [0.2, 0.25) is 0 Å². The number of nitrogens with one attached hydrogen (secondary N) is 1. The Hall–Kier alpha value is -1.52. The maximum absolute atomic E-state index is 12.3. The van der Waals surface area contributed by atoms with Gasteiger partial charge in [-0.05, 0) is 12.3 Å². The highest BCUT2D eigenvalue weighted by Gasteiger charge is 2.36. The lowest BCUT2D eigenvalue weighted by molar-refractivity contribution is 0.0942. The molecular formula is C17H20IN5O2. The monoisotopic (exact) mass is 453 g/mol. The lowest BCUT2D eigenvalue weighted by Gasteiger charge is -2.21. The van der Waals surface area contributed by atoms with Crippen LogP contribution in [0.1, 0.15) is 18.2 Å². The van der Waals surface area contributed by atoms with E-state index in [9.17, 15) is 4.79 Å². The van der Waals surface area contributed by atoms with Crippen molar-refractivity contribution < 1.29 is 4.74 Å². The molecule has 0 amide bonds. The number of halogens is 1. The number of hydrogen-bond donors (Lipinski definition) is 1. The molecule has 4 rings (SSSR count). The van der Waals surface area contributed by atoms with Crippen molar-refractivity contribution in [1.29, 1.82) is 0 Å². The molecule has 0 saturated carbocycles. The van der Waals surface area contributed by atoms with Gasteiger partial charge >= 0.3 is 0 Å². The van der Waals surface area contributed by atoms with Gasteiger partial charge in [0.15, 0.2) is 9.35 Å². The zero-order chi connectivity index (χ0) is 17.4. The van der Waals surface area contributed by atoms with Crippen molar-refractivity contribution >= 4 is 28.1 Å². The SMILES string of the molecule is COC1CN(CC2C=CC=CC2)CC1c1nn2c(I)ncc2c(=O)[nH]1. The molecule has 1 aliphatic carbocycles. The van der Waals surface area contributed by atoms with Crippen molar-refractivity contribution in [3.63, 3.8) is 0 Å². The minimum absolute atomic E-state index is 0.0184. The standard InChI is InChI=1S/C17H20IN5O2/c1-25-14-10-22(8-11-5-3-2-4-6-11)9-12(14)15-20-16(24)13-7-19-17(18)23(13)21-15/h2-5,7,11-12,14H,6,8-10H2,1H3,(H,20,21,24). The molecule has 1 saturated heterocycles. The predicted octanol–water partition coefficient (Wildman–Crippen LogP) is 1.57. The highest BCUT2D eigenvalue weighted by atomic mass is 127. The second-order valence-electron chi connectivity index (χ2n) is 6.57. The summed E-state index contributed by atoms with van der Waals surface area (Å²) in [5.41, 5.74) is 0.310. The molecule has 3 heterocycles. The van der Waals surface area contributed by atoms with Crippen molar-refractivity contribution in [3.8, 4) is 0 Å². The van der Waals surface area contributed by atoms with E-state index < -0.39 is 0 Å². The highest BCUT2D eigenvalue weighted by molar-refractivity contribution is 14.1. The number of H-pyrrole nitrogens is 1. The number of methoxy groups -OCH3 is 1. The van der Waals surface area contributed by atoms with Crippen LogP contribution >= 0.6 is 22.6 Å². The van der Waals surface area contributed by atoms with Crippen LogP contribution < -0.4 is 5.56 Å². The lowest BCUT2D eigenvalue weighted by Crippen LogP contribution is -2.28. The second kappa shape index (κ2) is 7.00. The van der Waals surface area contributed by atoms with E-state index in [1.54, 1.807) is 17.8 Å². The summed E-state index contributed by atoms with van der Waals surface area (Å²) in [4.78, 5) is 21.8. The molecule has 1 fully saturated rings. The summed E-state index contributed by atoms with van der Waals surface area (Å²) in [6, 6.07) is 0. The van der Waals surface area contributed by atoms with E-state index in [4.69, 9.17) is 4.74 Å². The topological polar surface area (TPSA) is 75.5 Å². The third kappa shape index (κ3) is 3.30. The number of imidazole rings is 1. The Kier molecular flexibility index (Phi) is 4.74. The van der Waals surface area contributed by atoms with Gasteiger partial charge in [-0.25, -0.2) is 9.50 Å².